The zero-order chi connectivity index (χ0) is 25.2. The van der Waals surface area contributed by atoms with Crippen LogP contribution in [0.4, 0.5) is 11.4 Å². The summed E-state index contributed by atoms with van der Waals surface area (Å²) >= 11 is 1.18. The van der Waals surface area contributed by atoms with Crippen molar-refractivity contribution in [3.63, 3.8) is 0 Å². The van der Waals surface area contributed by atoms with Gasteiger partial charge in [-0.2, -0.15) is 5.10 Å². The fraction of sp³-hybridized carbons (Fsp3) is 0.308. The van der Waals surface area contributed by atoms with E-state index in [-0.39, 0.29) is 18.2 Å². The standard InChI is InChI=1S/C26H31N5O3S/c1-5-16-34-22-14-10-20(11-15-22)27-25(33)23-17-24(32)28-26(35-23)30-29-18(2)6-7-19-8-12-21(13-9-19)31(3)4/h6-15,23H,5,16-17H2,1-4H3,(H,27,33)(H,28,30,32)/b7-6+,29-18?. The number of rotatable bonds is 9. The van der Waals surface area contributed by atoms with Crippen molar-refractivity contribution in [2.75, 3.05) is 30.9 Å². The Bertz CT molecular complexity index is 1110. The van der Waals surface area contributed by atoms with Crippen LogP contribution < -0.4 is 20.3 Å². The zero-order valence-electron chi connectivity index (χ0n) is 20.4. The summed E-state index contributed by atoms with van der Waals surface area (Å²) in [6.07, 6.45) is 4.79. The third kappa shape index (κ3) is 8.29. The lowest BCUT2D eigenvalue weighted by Crippen LogP contribution is -2.41. The molecule has 2 aromatic rings. The Hall–Kier alpha value is -3.59. The van der Waals surface area contributed by atoms with Crippen molar-refractivity contribution in [3.8, 4) is 5.75 Å². The number of allylic oxidation sites excluding steroid dienone is 1. The van der Waals surface area contributed by atoms with Crippen molar-refractivity contribution in [3.05, 3.63) is 60.2 Å². The second kappa shape index (κ2) is 12.8. The molecule has 35 heavy (non-hydrogen) atoms. The van der Waals surface area contributed by atoms with Gasteiger partial charge in [-0.3, -0.25) is 9.59 Å². The Kier molecular flexibility index (Phi) is 9.48. The maximum Gasteiger partial charge on any atom is 0.238 e. The van der Waals surface area contributed by atoms with Crippen LogP contribution >= 0.6 is 11.8 Å². The first-order valence-corrected chi connectivity index (χ1v) is 12.3. The van der Waals surface area contributed by atoms with Crippen LogP contribution in [0.2, 0.25) is 0 Å². The number of anilines is 2. The second-order valence-electron chi connectivity index (χ2n) is 8.19. The minimum Gasteiger partial charge on any atom is -0.494 e. The molecule has 184 valence electrons. The first-order chi connectivity index (χ1) is 16.8. The normalized spacial score (nSPS) is 17.4. The molecule has 1 aliphatic heterocycles. The molecule has 0 aliphatic carbocycles. The number of benzene rings is 2. The second-order valence-corrected chi connectivity index (χ2v) is 9.38. The van der Waals surface area contributed by atoms with E-state index in [0.29, 0.717) is 23.2 Å². The molecule has 0 spiro atoms. The molecule has 1 saturated heterocycles. The maximum absolute atomic E-state index is 12.7. The Balaban J connectivity index is 1.58. The number of carbonyl (C=O) groups is 2. The Morgan fingerprint density at radius 2 is 1.91 bits per heavy atom. The van der Waals surface area contributed by atoms with Crippen molar-refractivity contribution < 1.29 is 14.3 Å². The van der Waals surface area contributed by atoms with E-state index in [1.165, 1.54) is 11.8 Å². The first kappa shape index (κ1) is 26.0. The smallest absolute Gasteiger partial charge is 0.238 e. The molecular weight excluding hydrogens is 462 g/mol. The van der Waals surface area contributed by atoms with Gasteiger partial charge in [0.05, 0.1) is 12.3 Å². The van der Waals surface area contributed by atoms with Crippen LogP contribution in [0.5, 0.6) is 5.75 Å². The van der Waals surface area contributed by atoms with Crippen LogP contribution in [0.25, 0.3) is 6.08 Å². The van der Waals surface area contributed by atoms with Crippen molar-refractivity contribution >= 4 is 51.9 Å². The van der Waals surface area contributed by atoms with Crippen LogP contribution in [0.15, 0.2) is 64.8 Å². The minimum atomic E-state index is -0.597. The zero-order valence-corrected chi connectivity index (χ0v) is 21.3. The third-order valence-corrected chi connectivity index (χ3v) is 6.06. The number of hydrogen-bond donors (Lipinski definition) is 2. The summed E-state index contributed by atoms with van der Waals surface area (Å²) in [6, 6.07) is 15.3. The molecule has 1 aliphatic rings. The van der Waals surface area contributed by atoms with Gasteiger partial charge in [0.2, 0.25) is 11.8 Å². The molecule has 0 bridgehead atoms. The summed E-state index contributed by atoms with van der Waals surface area (Å²) in [7, 11) is 4.00. The van der Waals surface area contributed by atoms with E-state index in [1.807, 2.05) is 69.3 Å². The summed E-state index contributed by atoms with van der Waals surface area (Å²) in [5.74, 6) is 0.218. The molecule has 2 aromatic carbocycles. The molecule has 0 aromatic heterocycles. The highest BCUT2D eigenvalue weighted by Gasteiger charge is 2.30. The lowest BCUT2D eigenvalue weighted by Gasteiger charge is -2.21. The monoisotopic (exact) mass is 493 g/mol. The van der Waals surface area contributed by atoms with Gasteiger partial charge in [0.1, 0.15) is 11.0 Å². The lowest BCUT2D eigenvalue weighted by atomic mass is 10.2. The van der Waals surface area contributed by atoms with Gasteiger partial charge in [0.25, 0.3) is 0 Å². The van der Waals surface area contributed by atoms with Crippen LogP contribution in [-0.2, 0) is 9.59 Å². The van der Waals surface area contributed by atoms with E-state index in [2.05, 4.69) is 20.8 Å². The van der Waals surface area contributed by atoms with Crippen LogP contribution in [-0.4, -0.2) is 48.6 Å². The molecule has 0 saturated carbocycles. The SMILES string of the molecule is CCCOc1ccc(NC(=O)C2CC(=O)NC(=NN=C(C)/C=C/c3ccc(N(C)C)cc3)S2)cc1. The van der Waals surface area contributed by atoms with E-state index >= 15 is 0 Å². The van der Waals surface area contributed by atoms with Gasteiger partial charge in [-0.1, -0.05) is 36.9 Å². The Labute approximate surface area is 210 Å². The molecule has 1 heterocycles. The summed E-state index contributed by atoms with van der Waals surface area (Å²) in [5, 5.41) is 13.6. The molecule has 8 nitrogen and oxygen atoms in total. The number of thioether (sulfide) groups is 1. The van der Waals surface area contributed by atoms with Gasteiger partial charge >= 0.3 is 0 Å². The number of nitrogens with zero attached hydrogens (tertiary/aromatic N) is 3. The highest BCUT2D eigenvalue weighted by atomic mass is 32.2. The maximum atomic E-state index is 12.7. The molecule has 2 N–H and O–H groups in total. The number of hydrogen-bond acceptors (Lipinski definition) is 7. The van der Waals surface area contributed by atoms with Crippen LogP contribution in [0, 0.1) is 0 Å². The van der Waals surface area contributed by atoms with E-state index in [1.54, 1.807) is 24.3 Å². The average Bonchev–Trinajstić information content (AvgIpc) is 2.85. The molecular formula is C26H31N5O3S. The highest BCUT2D eigenvalue weighted by Crippen LogP contribution is 2.23. The van der Waals surface area contributed by atoms with E-state index < -0.39 is 5.25 Å². The first-order valence-electron chi connectivity index (χ1n) is 11.4. The molecule has 3 rings (SSSR count). The van der Waals surface area contributed by atoms with Crippen molar-refractivity contribution in [1.29, 1.82) is 0 Å². The van der Waals surface area contributed by atoms with Crippen LogP contribution in [0.1, 0.15) is 32.3 Å². The highest BCUT2D eigenvalue weighted by molar-refractivity contribution is 8.15. The lowest BCUT2D eigenvalue weighted by molar-refractivity contribution is -0.123. The summed E-state index contributed by atoms with van der Waals surface area (Å²) in [6.45, 7) is 4.50. The minimum absolute atomic E-state index is 0.0682. The topological polar surface area (TPSA) is 95.4 Å². The average molecular weight is 494 g/mol. The Morgan fingerprint density at radius 3 is 2.57 bits per heavy atom. The molecule has 1 fully saturated rings. The third-order valence-electron chi connectivity index (χ3n) is 4.98. The molecule has 9 heteroatoms. The summed E-state index contributed by atoms with van der Waals surface area (Å²) in [5.41, 5.74) is 3.47. The molecule has 1 unspecified atom stereocenters. The van der Waals surface area contributed by atoms with Gasteiger partial charge in [0.15, 0.2) is 5.17 Å². The van der Waals surface area contributed by atoms with Crippen LogP contribution in [0.3, 0.4) is 0 Å². The van der Waals surface area contributed by atoms with E-state index in [9.17, 15) is 9.59 Å². The fourth-order valence-electron chi connectivity index (χ4n) is 3.07. The molecule has 0 radical (unpaired) electrons. The van der Waals surface area contributed by atoms with Gasteiger partial charge in [0, 0.05) is 31.9 Å². The van der Waals surface area contributed by atoms with Crippen molar-refractivity contribution in [2.45, 2.75) is 31.9 Å². The number of nitrogens with one attached hydrogen (secondary N) is 2. The van der Waals surface area contributed by atoms with Gasteiger partial charge in [-0.15, -0.1) is 5.10 Å². The predicted octanol–water partition coefficient (Wildman–Crippen LogP) is 4.55. The number of amidine groups is 1. The van der Waals surface area contributed by atoms with Crippen molar-refractivity contribution in [2.24, 2.45) is 10.2 Å². The number of ether oxygens (including phenoxy) is 1. The van der Waals surface area contributed by atoms with Crippen molar-refractivity contribution in [1.82, 2.24) is 5.32 Å². The predicted molar refractivity (Wildman–Crippen MR) is 145 cm³/mol. The van der Waals surface area contributed by atoms with Gasteiger partial charge in [-0.25, -0.2) is 0 Å². The quantitative estimate of drug-likeness (QED) is 0.395. The largest absolute Gasteiger partial charge is 0.494 e. The number of amides is 2. The van der Waals surface area contributed by atoms with E-state index in [0.717, 1.165) is 23.4 Å². The Morgan fingerprint density at radius 1 is 1.20 bits per heavy atom. The molecule has 1 atom stereocenters. The number of carbonyl (C=O) groups excluding carboxylic acids is 2. The van der Waals surface area contributed by atoms with Gasteiger partial charge < -0.3 is 20.3 Å². The molecule has 2 amide bonds. The van der Waals surface area contributed by atoms with Gasteiger partial charge in [-0.05, 0) is 61.4 Å². The summed E-state index contributed by atoms with van der Waals surface area (Å²) in [4.78, 5) is 26.9. The fourth-order valence-corrected chi connectivity index (χ4v) is 4.01. The summed E-state index contributed by atoms with van der Waals surface area (Å²) < 4.78 is 5.56. The van der Waals surface area contributed by atoms with E-state index in [4.69, 9.17) is 4.74 Å².